The van der Waals surface area contributed by atoms with E-state index in [2.05, 4.69) is 33.1 Å². The number of carbonyl (C=O) groups is 1. The molecule has 0 aliphatic heterocycles. The highest BCUT2D eigenvalue weighted by atomic mass is 16.5. The minimum absolute atomic E-state index is 0.00516. The second-order valence-corrected chi connectivity index (χ2v) is 6.25. The Morgan fingerprint density at radius 2 is 1.96 bits per heavy atom. The van der Waals surface area contributed by atoms with Gasteiger partial charge in [0.05, 0.1) is 13.1 Å². The minimum atomic E-state index is -0.705. The van der Waals surface area contributed by atoms with Gasteiger partial charge >= 0.3 is 5.97 Å². The van der Waals surface area contributed by atoms with Crippen molar-refractivity contribution in [2.75, 3.05) is 26.2 Å². The number of hydrogen-bond donors (Lipinski definition) is 1. The van der Waals surface area contributed by atoms with Crippen molar-refractivity contribution in [3.05, 3.63) is 54.1 Å². The van der Waals surface area contributed by atoms with E-state index in [1.165, 1.54) is 5.56 Å². The van der Waals surface area contributed by atoms with Crippen LogP contribution in [0.2, 0.25) is 0 Å². The van der Waals surface area contributed by atoms with Crippen LogP contribution in [-0.2, 0) is 16.1 Å². The van der Waals surface area contributed by atoms with Gasteiger partial charge in [0.25, 0.3) is 0 Å². The Kier molecular flexibility index (Phi) is 7.89. The molecule has 4 heteroatoms. The van der Waals surface area contributed by atoms with Crippen LogP contribution in [0.3, 0.4) is 0 Å². The third-order valence-electron chi connectivity index (χ3n) is 4.48. The summed E-state index contributed by atoms with van der Waals surface area (Å²) in [5, 5.41) is 10.3. The molecule has 0 amide bonds. The summed E-state index contributed by atoms with van der Waals surface area (Å²) in [7, 11) is 0. The molecule has 0 bridgehead atoms. The first-order valence-electron chi connectivity index (χ1n) is 8.43. The van der Waals surface area contributed by atoms with E-state index in [4.69, 9.17) is 4.74 Å². The fourth-order valence-electron chi connectivity index (χ4n) is 2.80. The van der Waals surface area contributed by atoms with E-state index < -0.39 is 12.1 Å². The summed E-state index contributed by atoms with van der Waals surface area (Å²) in [4.78, 5) is 11.5. The number of aliphatic hydroxyl groups is 1. The Bertz CT molecular complexity index is 576. The summed E-state index contributed by atoms with van der Waals surface area (Å²) in [6.07, 6.45) is 1.16. The fourth-order valence-corrected chi connectivity index (χ4v) is 2.80. The van der Waals surface area contributed by atoms with Crippen LogP contribution in [-0.4, -0.2) is 47.9 Å². The molecule has 4 nitrogen and oxygen atoms in total. The number of quaternary nitrogens is 1. The third-order valence-corrected chi connectivity index (χ3v) is 4.48. The van der Waals surface area contributed by atoms with E-state index in [1.807, 2.05) is 24.3 Å². The van der Waals surface area contributed by atoms with Crippen LogP contribution in [0.25, 0.3) is 6.08 Å². The molecule has 0 heterocycles. The zero-order valence-corrected chi connectivity index (χ0v) is 15.1. The number of esters is 1. The lowest BCUT2D eigenvalue weighted by Gasteiger charge is -2.38. The number of carbonyl (C=O) groups excluding carboxylic acids is 1. The van der Waals surface area contributed by atoms with Gasteiger partial charge in [-0.15, -0.1) is 0 Å². The highest BCUT2D eigenvalue weighted by molar-refractivity contribution is 5.86. The Labute approximate surface area is 145 Å². The van der Waals surface area contributed by atoms with Crippen LogP contribution >= 0.6 is 0 Å². The normalized spacial score (nSPS) is 12.5. The van der Waals surface area contributed by atoms with Gasteiger partial charge < -0.3 is 14.3 Å². The van der Waals surface area contributed by atoms with Crippen molar-refractivity contribution in [1.29, 1.82) is 0 Å². The van der Waals surface area contributed by atoms with E-state index in [0.717, 1.165) is 29.7 Å². The van der Waals surface area contributed by atoms with Gasteiger partial charge in [0, 0.05) is 11.1 Å². The fraction of sp³-hybridized carbons (Fsp3) is 0.450. The topological polar surface area (TPSA) is 46.5 Å². The number of hydrogen-bond acceptors (Lipinski definition) is 3. The van der Waals surface area contributed by atoms with Gasteiger partial charge in [0.2, 0.25) is 0 Å². The van der Waals surface area contributed by atoms with E-state index in [9.17, 15) is 9.90 Å². The van der Waals surface area contributed by atoms with Crippen LogP contribution in [0.15, 0.2) is 43.0 Å². The molecule has 132 valence electrons. The summed E-state index contributed by atoms with van der Waals surface area (Å²) in [6.45, 7) is 16.4. The maximum Gasteiger partial charge on any atom is 0.333 e. The Morgan fingerprint density at radius 1 is 1.33 bits per heavy atom. The molecule has 1 N–H and O–H groups in total. The molecule has 0 aliphatic rings. The van der Waals surface area contributed by atoms with Gasteiger partial charge in [-0.2, -0.15) is 0 Å². The van der Waals surface area contributed by atoms with Crippen molar-refractivity contribution in [3.63, 3.8) is 0 Å². The average molecular weight is 332 g/mol. The van der Waals surface area contributed by atoms with Crippen LogP contribution < -0.4 is 0 Å². The molecule has 1 unspecified atom stereocenters. The second-order valence-electron chi connectivity index (χ2n) is 6.25. The molecule has 0 radical (unpaired) electrons. The standard InChI is InChI=1S/C20H30NO3/c1-6-17-11-9-10-12-18(17)13-21(7-2,8-3)14-19(22)15-24-20(23)16(4)5/h6,9-12,19,22H,1,4,7-8,13-15H2,2-3,5H3/q+1. The van der Waals surface area contributed by atoms with Gasteiger partial charge in [-0.1, -0.05) is 43.5 Å². The number of nitrogens with zero attached hydrogens (tertiary/aromatic N) is 1. The molecule has 24 heavy (non-hydrogen) atoms. The molecular formula is C20H30NO3+. The molecular weight excluding hydrogens is 302 g/mol. The van der Waals surface area contributed by atoms with Gasteiger partial charge in [-0.05, 0) is 26.3 Å². The average Bonchev–Trinajstić information content (AvgIpc) is 2.59. The van der Waals surface area contributed by atoms with E-state index in [-0.39, 0.29) is 6.61 Å². The summed E-state index contributed by atoms with van der Waals surface area (Å²) < 4.78 is 5.80. The second kappa shape index (κ2) is 9.40. The lowest BCUT2D eigenvalue weighted by molar-refractivity contribution is -0.940. The van der Waals surface area contributed by atoms with Crippen LogP contribution in [0, 0.1) is 0 Å². The van der Waals surface area contributed by atoms with Crippen molar-refractivity contribution in [3.8, 4) is 0 Å². The van der Waals surface area contributed by atoms with E-state index in [0.29, 0.717) is 12.1 Å². The first-order valence-corrected chi connectivity index (χ1v) is 8.43. The monoisotopic (exact) mass is 332 g/mol. The lowest BCUT2D eigenvalue weighted by Crippen LogP contribution is -2.52. The molecule has 0 spiro atoms. The lowest BCUT2D eigenvalue weighted by atomic mass is 10.1. The Morgan fingerprint density at radius 3 is 2.50 bits per heavy atom. The number of benzene rings is 1. The van der Waals surface area contributed by atoms with Crippen LogP contribution in [0.5, 0.6) is 0 Å². The van der Waals surface area contributed by atoms with E-state index >= 15 is 0 Å². The molecule has 0 aliphatic carbocycles. The highest BCUT2D eigenvalue weighted by Crippen LogP contribution is 2.19. The number of aliphatic hydroxyl groups excluding tert-OH is 1. The van der Waals surface area contributed by atoms with E-state index in [1.54, 1.807) is 6.92 Å². The SMILES string of the molecule is C=Cc1ccccc1C[N+](CC)(CC)CC(O)COC(=O)C(=C)C. The molecule has 1 atom stereocenters. The number of rotatable bonds is 10. The largest absolute Gasteiger partial charge is 0.459 e. The van der Waals surface area contributed by atoms with Gasteiger partial charge in [-0.25, -0.2) is 4.79 Å². The predicted molar refractivity (Wildman–Crippen MR) is 98.2 cm³/mol. The van der Waals surface area contributed by atoms with Gasteiger partial charge in [-0.3, -0.25) is 0 Å². The zero-order chi connectivity index (χ0) is 18.2. The van der Waals surface area contributed by atoms with Crippen molar-refractivity contribution in [2.24, 2.45) is 0 Å². The molecule has 0 saturated carbocycles. The first-order chi connectivity index (χ1) is 11.4. The third kappa shape index (κ3) is 5.62. The quantitative estimate of drug-likeness (QED) is 0.407. The predicted octanol–water partition coefficient (Wildman–Crippen LogP) is 3.17. The van der Waals surface area contributed by atoms with Crippen molar-refractivity contribution < 1.29 is 19.1 Å². The smallest absolute Gasteiger partial charge is 0.333 e. The zero-order valence-electron chi connectivity index (χ0n) is 15.1. The number of likely N-dealkylation sites (N-methyl/N-ethyl adjacent to an activating group) is 1. The minimum Gasteiger partial charge on any atom is -0.459 e. The van der Waals surface area contributed by atoms with Crippen molar-refractivity contribution in [1.82, 2.24) is 0 Å². The Hall–Kier alpha value is -1.91. The van der Waals surface area contributed by atoms with Crippen LogP contribution in [0.1, 0.15) is 31.9 Å². The molecule has 0 saturated heterocycles. The Balaban J connectivity index is 2.82. The summed E-state index contributed by atoms with van der Waals surface area (Å²) in [5.74, 6) is -0.461. The molecule has 1 rings (SSSR count). The summed E-state index contributed by atoms with van der Waals surface area (Å²) in [5.41, 5.74) is 2.67. The molecule has 1 aromatic rings. The summed E-state index contributed by atoms with van der Waals surface area (Å²) >= 11 is 0. The van der Waals surface area contributed by atoms with Crippen LogP contribution in [0.4, 0.5) is 0 Å². The maximum atomic E-state index is 11.5. The molecule has 1 aromatic carbocycles. The van der Waals surface area contributed by atoms with Gasteiger partial charge in [0.1, 0.15) is 25.8 Å². The summed E-state index contributed by atoms with van der Waals surface area (Å²) in [6, 6.07) is 8.17. The van der Waals surface area contributed by atoms with Gasteiger partial charge in [0.15, 0.2) is 0 Å². The molecule has 0 fully saturated rings. The highest BCUT2D eigenvalue weighted by Gasteiger charge is 2.28. The first kappa shape index (κ1) is 20.1. The van der Waals surface area contributed by atoms with Crippen molar-refractivity contribution >= 4 is 12.0 Å². The van der Waals surface area contributed by atoms with Crippen molar-refractivity contribution in [2.45, 2.75) is 33.4 Å². The maximum absolute atomic E-state index is 11.5. The molecule has 0 aromatic heterocycles. The number of ether oxygens (including phenoxy) is 1.